The van der Waals surface area contributed by atoms with E-state index in [-0.39, 0.29) is 12.2 Å². The molecule has 1 unspecified atom stereocenters. The molecule has 41 heavy (non-hydrogen) atoms. The number of thiazole rings is 1. The molecule has 2 heterocycles. The van der Waals surface area contributed by atoms with Gasteiger partial charge in [-0.25, -0.2) is 4.98 Å². The highest BCUT2D eigenvalue weighted by atomic mass is 32.1. The van der Waals surface area contributed by atoms with E-state index in [0.29, 0.717) is 40.1 Å². The summed E-state index contributed by atoms with van der Waals surface area (Å²) in [5.41, 5.74) is 1.95. The molecule has 1 aliphatic rings. The first-order valence-corrected chi connectivity index (χ1v) is 13.8. The molecule has 0 bridgehead atoms. The number of ketones is 1. The van der Waals surface area contributed by atoms with Crippen LogP contribution in [0.1, 0.15) is 24.1 Å². The maximum Gasteiger partial charge on any atom is 0.296 e. The van der Waals surface area contributed by atoms with Crippen LogP contribution in [0.5, 0.6) is 17.2 Å². The zero-order valence-corrected chi connectivity index (χ0v) is 23.4. The van der Waals surface area contributed by atoms with E-state index in [1.54, 1.807) is 49.6 Å². The number of fused-ring (bicyclic) bond motifs is 1. The Kier molecular flexibility index (Phi) is 8.16. The van der Waals surface area contributed by atoms with Crippen molar-refractivity contribution in [2.45, 2.75) is 13.0 Å². The number of carbonyl (C=O) groups excluding carboxylic acids is 2. The fraction of sp³-hybridized carbons (Fsp3) is 0.156. The first kappa shape index (κ1) is 27.7. The molecule has 5 rings (SSSR count). The largest absolute Gasteiger partial charge is 0.503 e. The van der Waals surface area contributed by atoms with Gasteiger partial charge in [-0.3, -0.25) is 14.5 Å². The standard InChI is InChI=1S/C32H28N2O6S/c1-4-17-40-25-16-12-21(18-26(25)39-5-2)29-28(24(35)15-11-20-9-7-6-8-10-20)30(36)31(37)34(29)32-33-23-14-13-22(38-3)19-27(23)41-32/h4,6-16,18-19,29,36H,1,5,17H2,2-3H3/b15-11+. The summed E-state index contributed by atoms with van der Waals surface area (Å²) in [7, 11) is 1.57. The summed E-state index contributed by atoms with van der Waals surface area (Å²) in [6.45, 7) is 6.18. The van der Waals surface area contributed by atoms with E-state index in [2.05, 4.69) is 11.6 Å². The van der Waals surface area contributed by atoms with Crippen molar-refractivity contribution in [3.8, 4) is 17.2 Å². The molecule has 0 fully saturated rings. The zero-order chi connectivity index (χ0) is 28.9. The number of carbonyl (C=O) groups is 2. The van der Waals surface area contributed by atoms with Gasteiger partial charge >= 0.3 is 0 Å². The summed E-state index contributed by atoms with van der Waals surface area (Å²) >= 11 is 1.26. The second-order valence-corrected chi connectivity index (χ2v) is 10.0. The fourth-order valence-corrected chi connectivity index (χ4v) is 5.57. The summed E-state index contributed by atoms with van der Waals surface area (Å²) in [6, 6.07) is 18.9. The van der Waals surface area contributed by atoms with Crippen LogP contribution in [-0.4, -0.2) is 42.1 Å². The van der Waals surface area contributed by atoms with E-state index >= 15 is 0 Å². The Bertz CT molecular complexity index is 1670. The van der Waals surface area contributed by atoms with Crippen LogP contribution in [0.2, 0.25) is 0 Å². The van der Waals surface area contributed by atoms with Crippen molar-refractivity contribution in [1.82, 2.24) is 4.98 Å². The number of allylic oxidation sites excluding steroid dienone is 1. The molecular formula is C32H28N2O6S. The Morgan fingerprint density at radius 2 is 1.90 bits per heavy atom. The number of benzene rings is 3. The van der Waals surface area contributed by atoms with Crippen LogP contribution in [-0.2, 0) is 9.59 Å². The highest BCUT2D eigenvalue weighted by molar-refractivity contribution is 7.22. The lowest BCUT2D eigenvalue weighted by atomic mass is 9.95. The van der Waals surface area contributed by atoms with E-state index in [1.807, 2.05) is 43.3 Å². The minimum Gasteiger partial charge on any atom is -0.503 e. The van der Waals surface area contributed by atoms with E-state index in [9.17, 15) is 14.7 Å². The number of anilines is 1. The van der Waals surface area contributed by atoms with Crippen molar-refractivity contribution in [3.63, 3.8) is 0 Å². The Hall–Kier alpha value is -4.89. The Morgan fingerprint density at radius 3 is 2.63 bits per heavy atom. The van der Waals surface area contributed by atoms with Gasteiger partial charge in [0.05, 0.1) is 35.5 Å². The van der Waals surface area contributed by atoms with Crippen LogP contribution in [0.4, 0.5) is 5.13 Å². The maximum absolute atomic E-state index is 13.6. The van der Waals surface area contributed by atoms with Crippen LogP contribution >= 0.6 is 11.3 Å². The summed E-state index contributed by atoms with van der Waals surface area (Å²) in [5.74, 6) is -0.270. The Morgan fingerprint density at radius 1 is 1.10 bits per heavy atom. The molecule has 0 radical (unpaired) electrons. The first-order valence-electron chi connectivity index (χ1n) is 12.9. The number of methoxy groups -OCH3 is 1. The van der Waals surface area contributed by atoms with Gasteiger partial charge in [-0.1, -0.05) is 66.5 Å². The van der Waals surface area contributed by atoms with Crippen molar-refractivity contribution in [2.75, 3.05) is 25.2 Å². The predicted octanol–water partition coefficient (Wildman–Crippen LogP) is 6.45. The molecular weight excluding hydrogens is 540 g/mol. The number of aliphatic hydroxyl groups excluding tert-OH is 1. The topological polar surface area (TPSA) is 98.2 Å². The van der Waals surface area contributed by atoms with Crippen molar-refractivity contribution >= 4 is 44.5 Å². The molecule has 1 N–H and O–H groups in total. The number of ether oxygens (including phenoxy) is 3. The van der Waals surface area contributed by atoms with E-state index in [1.165, 1.54) is 22.3 Å². The average molecular weight is 569 g/mol. The molecule has 9 heteroatoms. The number of aromatic nitrogens is 1. The third-order valence-corrected chi connectivity index (χ3v) is 7.45. The third-order valence-electron chi connectivity index (χ3n) is 6.43. The number of nitrogens with zero attached hydrogens (tertiary/aromatic N) is 2. The van der Waals surface area contributed by atoms with Crippen LogP contribution in [0.25, 0.3) is 16.3 Å². The highest BCUT2D eigenvalue weighted by Crippen LogP contribution is 2.45. The van der Waals surface area contributed by atoms with Crippen LogP contribution < -0.4 is 19.1 Å². The van der Waals surface area contributed by atoms with Gasteiger partial charge in [0.2, 0.25) is 0 Å². The molecule has 4 aromatic rings. The van der Waals surface area contributed by atoms with Crippen molar-refractivity contribution in [2.24, 2.45) is 0 Å². The van der Waals surface area contributed by atoms with Gasteiger partial charge in [-0.2, -0.15) is 0 Å². The number of amides is 1. The minimum absolute atomic E-state index is 0.0544. The third kappa shape index (κ3) is 5.57. The number of rotatable bonds is 11. The lowest BCUT2D eigenvalue weighted by molar-refractivity contribution is -0.117. The van der Waals surface area contributed by atoms with Gasteiger partial charge in [-0.15, -0.1) is 0 Å². The van der Waals surface area contributed by atoms with E-state index in [0.717, 1.165) is 10.3 Å². The first-order chi connectivity index (χ1) is 19.9. The Labute approximate surface area is 241 Å². The maximum atomic E-state index is 13.6. The molecule has 0 saturated carbocycles. The molecule has 208 valence electrons. The number of hydrogen-bond acceptors (Lipinski definition) is 8. The molecule has 0 saturated heterocycles. The lowest BCUT2D eigenvalue weighted by Crippen LogP contribution is -2.30. The van der Waals surface area contributed by atoms with Gasteiger partial charge in [-0.05, 0) is 54.5 Å². The highest BCUT2D eigenvalue weighted by Gasteiger charge is 2.45. The van der Waals surface area contributed by atoms with Crippen molar-refractivity contribution in [1.29, 1.82) is 0 Å². The molecule has 1 aromatic heterocycles. The van der Waals surface area contributed by atoms with Gasteiger partial charge in [0.1, 0.15) is 12.4 Å². The van der Waals surface area contributed by atoms with Crippen LogP contribution in [0.15, 0.2) is 96.8 Å². The summed E-state index contributed by atoms with van der Waals surface area (Å²) in [5, 5.41) is 11.4. The van der Waals surface area contributed by atoms with Gasteiger partial charge in [0.15, 0.2) is 28.2 Å². The van der Waals surface area contributed by atoms with Crippen molar-refractivity contribution in [3.05, 3.63) is 108 Å². The van der Waals surface area contributed by atoms with E-state index < -0.39 is 23.5 Å². The Balaban J connectivity index is 1.63. The lowest BCUT2D eigenvalue weighted by Gasteiger charge is -2.25. The number of aliphatic hydroxyl groups is 1. The van der Waals surface area contributed by atoms with Crippen LogP contribution in [0.3, 0.4) is 0 Å². The van der Waals surface area contributed by atoms with Gasteiger partial charge < -0.3 is 19.3 Å². The molecule has 1 aliphatic heterocycles. The average Bonchev–Trinajstić information content (AvgIpc) is 3.53. The van der Waals surface area contributed by atoms with Crippen LogP contribution in [0, 0.1) is 0 Å². The fourth-order valence-electron chi connectivity index (χ4n) is 4.55. The smallest absolute Gasteiger partial charge is 0.296 e. The molecule has 8 nitrogen and oxygen atoms in total. The quantitative estimate of drug-likeness (QED) is 0.164. The SMILES string of the molecule is C=CCOc1ccc(C2C(C(=O)/C=C/c3ccccc3)=C(O)C(=O)N2c2nc3ccc(OC)cc3s2)cc1OCC. The molecule has 0 spiro atoms. The minimum atomic E-state index is -0.967. The van der Waals surface area contributed by atoms with E-state index in [4.69, 9.17) is 14.2 Å². The monoisotopic (exact) mass is 568 g/mol. The summed E-state index contributed by atoms with van der Waals surface area (Å²) in [4.78, 5) is 33.3. The zero-order valence-electron chi connectivity index (χ0n) is 22.6. The van der Waals surface area contributed by atoms with Gasteiger partial charge in [0.25, 0.3) is 5.91 Å². The summed E-state index contributed by atoms with van der Waals surface area (Å²) in [6.07, 6.45) is 4.63. The molecule has 0 aliphatic carbocycles. The predicted molar refractivity (Wildman–Crippen MR) is 160 cm³/mol. The molecule has 3 aromatic carbocycles. The molecule has 1 atom stereocenters. The second-order valence-electron chi connectivity index (χ2n) is 9.02. The molecule has 1 amide bonds. The summed E-state index contributed by atoms with van der Waals surface area (Å²) < 4.78 is 17.7. The van der Waals surface area contributed by atoms with Gasteiger partial charge in [0, 0.05) is 0 Å². The normalized spacial score (nSPS) is 15.1. The number of hydrogen-bond donors (Lipinski definition) is 1. The van der Waals surface area contributed by atoms with Crippen molar-refractivity contribution < 1.29 is 28.9 Å². The second kappa shape index (κ2) is 12.1.